The zero-order valence-corrected chi connectivity index (χ0v) is 30.3. The molecule has 0 N–H and O–H groups in total. The van der Waals surface area contributed by atoms with Crippen molar-refractivity contribution in [2.24, 2.45) is 0 Å². The van der Waals surface area contributed by atoms with Crippen molar-refractivity contribution >= 4 is 49.4 Å². The van der Waals surface area contributed by atoms with Crippen LogP contribution in [0.25, 0.3) is 76.8 Å². The molecule has 55 heavy (non-hydrogen) atoms. The van der Waals surface area contributed by atoms with Gasteiger partial charge in [0.15, 0.2) is 0 Å². The van der Waals surface area contributed by atoms with Gasteiger partial charge in [-0.3, -0.25) is 0 Å². The Labute approximate surface area is 322 Å². The van der Waals surface area contributed by atoms with Gasteiger partial charge < -0.3 is 4.90 Å². The minimum Gasteiger partial charge on any atom is -0.310 e. The number of anilines is 3. The average Bonchev–Trinajstić information content (AvgIpc) is 3.27. The summed E-state index contributed by atoms with van der Waals surface area (Å²) in [6.07, 6.45) is 0. The number of hydrogen-bond acceptors (Lipinski definition) is 1. The predicted octanol–water partition coefficient (Wildman–Crippen LogP) is 15.3. The van der Waals surface area contributed by atoms with Crippen LogP contribution in [0, 0.1) is 0 Å². The minimum absolute atomic E-state index is 1.10. The second-order valence-electron chi connectivity index (χ2n) is 14.1. The van der Waals surface area contributed by atoms with Gasteiger partial charge in [-0.1, -0.05) is 176 Å². The number of rotatable bonds is 7. The van der Waals surface area contributed by atoms with Crippen molar-refractivity contribution in [1.82, 2.24) is 0 Å². The lowest BCUT2D eigenvalue weighted by atomic mass is 9.92. The Morgan fingerprint density at radius 1 is 0.218 bits per heavy atom. The molecule has 258 valence electrons. The highest BCUT2D eigenvalue weighted by atomic mass is 15.1. The Morgan fingerprint density at radius 3 is 1.40 bits per heavy atom. The van der Waals surface area contributed by atoms with Gasteiger partial charge in [-0.05, 0) is 125 Å². The number of nitrogens with zero attached hydrogens (tertiary/aromatic N) is 1. The van der Waals surface area contributed by atoms with E-state index in [0.29, 0.717) is 0 Å². The fourth-order valence-electron chi connectivity index (χ4n) is 8.11. The summed E-state index contributed by atoms with van der Waals surface area (Å²) in [6.45, 7) is 0. The van der Waals surface area contributed by atoms with Crippen LogP contribution in [0.4, 0.5) is 17.1 Å². The van der Waals surface area contributed by atoms with Crippen LogP contribution in [0.15, 0.2) is 224 Å². The molecule has 0 aliphatic rings. The quantitative estimate of drug-likeness (QED) is 0.150. The van der Waals surface area contributed by atoms with Gasteiger partial charge >= 0.3 is 0 Å². The molecule has 0 radical (unpaired) electrons. The van der Waals surface area contributed by atoms with Crippen molar-refractivity contribution in [3.05, 3.63) is 224 Å². The molecule has 0 aliphatic carbocycles. The monoisotopic (exact) mass is 699 g/mol. The Bertz CT molecular complexity index is 2950. The molecule has 1 nitrogen and oxygen atoms in total. The Kier molecular flexibility index (Phi) is 8.24. The summed E-state index contributed by atoms with van der Waals surface area (Å²) in [7, 11) is 0. The van der Waals surface area contributed by atoms with Crippen molar-refractivity contribution in [3.8, 4) is 44.5 Å². The predicted molar refractivity (Wildman–Crippen MR) is 235 cm³/mol. The maximum Gasteiger partial charge on any atom is 0.0468 e. The molecule has 0 unspecified atom stereocenters. The first-order valence-corrected chi connectivity index (χ1v) is 18.9. The van der Waals surface area contributed by atoms with Crippen LogP contribution in [0.2, 0.25) is 0 Å². The molecule has 10 aromatic rings. The SMILES string of the molecule is c1ccc(-c2ccc(N(c3ccc(-c4cc(-c5ccccc5)c5ccccc5c4)cc3)c3ccc4ccc5ccccc5c4c3)cc2-c2ccccc2)cc1. The zero-order valence-electron chi connectivity index (χ0n) is 30.3. The fraction of sp³-hybridized carbons (Fsp3) is 0. The van der Waals surface area contributed by atoms with Crippen LogP contribution in [-0.4, -0.2) is 0 Å². The largest absolute Gasteiger partial charge is 0.310 e. The summed E-state index contributed by atoms with van der Waals surface area (Å²) in [4.78, 5) is 2.40. The summed E-state index contributed by atoms with van der Waals surface area (Å²) in [6, 6.07) is 81.5. The van der Waals surface area contributed by atoms with Gasteiger partial charge in [-0.25, -0.2) is 0 Å². The van der Waals surface area contributed by atoms with E-state index in [-0.39, 0.29) is 0 Å². The first-order valence-electron chi connectivity index (χ1n) is 18.9. The maximum atomic E-state index is 2.40. The van der Waals surface area contributed by atoms with E-state index in [0.717, 1.165) is 17.1 Å². The summed E-state index contributed by atoms with van der Waals surface area (Å²) in [5.74, 6) is 0. The molecule has 0 aliphatic heterocycles. The van der Waals surface area contributed by atoms with E-state index >= 15 is 0 Å². The lowest BCUT2D eigenvalue weighted by Crippen LogP contribution is -2.10. The molecule has 0 saturated carbocycles. The Morgan fingerprint density at radius 2 is 0.709 bits per heavy atom. The van der Waals surface area contributed by atoms with Gasteiger partial charge in [0.1, 0.15) is 0 Å². The van der Waals surface area contributed by atoms with Crippen molar-refractivity contribution in [2.45, 2.75) is 0 Å². The smallest absolute Gasteiger partial charge is 0.0468 e. The molecule has 0 bridgehead atoms. The normalized spacial score (nSPS) is 11.3. The third-order valence-corrected chi connectivity index (χ3v) is 10.8. The third kappa shape index (κ3) is 6.12. The lowest BCUT2D eigenvalue weighted by molar-refractivity contribution is 1.29. The summed E-state index contributed by atoms with van der Waals surface area (Å²) in [5, 5.41) is 7.47. The standard InChI is InChI=1S/C54H37N/c1-4-14-39(15-5-1)51-33-32-48(37-53(51)41-18-8-3-9-19-41)55(47-31-28-43-25-24-42-20-10-12-22-49(42)54(43)36-47)46-29-26-38(27-30-46)45-34-44-21-11-13-23-50(44)52(35-45)40-16-6-2-7-17-40/h1-37H. The van der Waals surface area contributed by atoms with E-state index in [2.05, 4.69) is 229 Å². The van der Waals surface area contributed by atoms with E-state index in [1.807, 2.05) is 0 Å². The van der Waals surface area contributed by atoms with Gasteiger partial charge in [0.2, 0.25) is 0 Å². The molecule has 0 amide bonds. The maximum absolute atomic E-state index is 2.40. The first kappa shape index (κ1) is 32.4. The van der Waals surface area contributed by atoms with Gasteiger partial charge in [0, 0.05) is 17.1 Å². The summed E-state index contributed by atoms with van der Waals surface area (Å²) in [5.41, 5.74) is 13.0. The van der Waals surface area contributed by atoms with E-state index in [4.69, 9.17) is 0 Å². The molecular weight excluding hydrogens is 663 g/mol. The van der Waals surface area contributed by atoms with E-state index in [1.165, 1.54) is 76.8 Å². The molecule has 0 saturated heterocycles. The van der Waals surface area contributed by atoms with Crippen LogP contribution in [0.3, 0.4) is 0 Å². The lowest BCUT2D eigenvalue weighted by Gasteiger charge is -2.27. The van der Waals surface area contributed by atoms with Crippen molar-refractivity contribution in [2.75, 3.05) is 4.90 Å². The molecular formula is C54H37N. The molecule has 0 aromatic heterocycles. The highest BCUT2D eigenvalue weighted by Crippen LogP contribution is 2.43. The average molecular weight is 700 g/mol. The van der Waals surface area contributed by atoms with Crippen LogP contribution < -0.4 is 4.90 Å². The second kappa shape index (κ2) is 14.0. The number of benzene rings is 10. The highest BCUT2D eigenvalue weighted by molar-refractivity contribution is 6.09. The molecule has 0 atom stereocenters. The number of fused-ring (bicyclic) bond motifs is 4. The summed E-state index contributed by atoms with van der Waals surface area (Å²) < 4.78 is 0. The first-order chi connectivity index (χ1) is 27.3. The van der Waals surface area contributed by atoms with Crippen molar-refractivity contribution in [3.63, 3.8) is 0 Å². The van der Waals surface area contributed by atoms with Crippen LogP contribution in [-0.2, 0) is 0 Å². The van der Waals surface area contributed by atoms with E-state index < -0.39 is 0 Å². The molecule has 0 spiro atoms. The molecule has 1 heteroatoms. The topological polar surface area (TPSA) is 3.24 Å². The van der Waals surface area contributed by atoms with Crippen LogP contribution >= 0.6 is 0 Å². The van der Waals surface area contributed by atoms with Crippen molar-refractivity contribution < 1.29 is 0 Å². The number of hydrogen-bond donors (Lipinski definition) is 0. The van der Waals surface area contributed by atoms with Crippen LogP contribution in [0.1, 0.15) is 0 Å². The zero-order chi connectivity index (χ0) is 36.6. The molecule has 0 fully saturated rings. The molecule has 0 heterocycles. The summed E-state index contributed by atoms with van der Waals surface area (Å²) >= 11 is 0. The molecule has 10 rings (SSSR count). The van der Waals surface area contributed by atoms with E-state index in [1.54, 1.807) is 0 Å². The van der Waals surface area contributed by atoms with Gasteiger partial charge in [0.25, 0.3) is 0 Å². The van der Waals surface area contributed by atoms with Crippen LogP contribution in [0.5, 0.6) is 0 Å². The third-order valence-electron chi connectivity index (χ3n) is 10.8. The van der Waals surface area contributed by atoms with Crippen molar-refractivity contribution in [1.29, 1.82) is 0 Å². The van der Waals surface area contributed by atoms with Gasteiger partial charge in [-0.15, -0.1) is 0 Å². The highest BCUT2D eigenvalue weighted by Gasteiger charge is 2.18. The Balaban J connectivity index is 1.15. The Hall–Kier alpha value is -7.22. The van der Waals surface area contributed by atoms with Gasteiger partial charge in [-0.2, -0.15) is 0 Å². The second-order valence-corrected chi connectivity index (χ2v) is 14.1. The molecule has 10 aromatic carbocycles. The minimum atomic E-state index is 1.10. The fourth-order valence-corrected chi connectivity index (χ4v) is 8.11. The van der Waals surface area contributed by atoms with E-state index in [9.17, 15) is 0 Å². The van der Waals surface area contributed by atoms with Gasteiger partial charge in [0.05, 0.1) is 0 Å².